The van der Waals surface area contributed by atoms with Gasteiger partial charge in [0, 0.05) is 43.9 Å². The predicted molar refractivity (Wildman–Crippen MR) is 256 cm³/mol. The molecule has 0 spiro atoms. The quantitative estimate of drug-likeness (QED) is 0.168. The number of rotatable bonds is 6. The highest BCUT2D eigenvalue weighted by molar-refractivity contribution is 6.25. The van der Waals surface area contributed by atoms with Crippen molar-refractivity contribution in [2.45, 2.75) is 0 Å². The van der Waals surface area contributed by atoms with Crippen LogP contribution in [0.2, 0.25) is 0 Å². The largest absolute Gasteiger partial charge is 0.456 e. The van der Waals surface area contributed by atoms with Gasteiger partial charge in [0.25, 0.3) is 0 Å². The zero-order valence-electron chi connectivity index (χ0n) is 33.4. The molecular weight excluding hydrogens is 759 g/mol. The van der Waals surface area contributed by atoms with Crippen molar-refractivity contribution in [2.75, 3.05) is 4.90 Å². The number of anilines is 3. The molecule has 0 fully saturated rings. The summed E-state index contributed by atoms with van der Waals surface area (Å²) in [6, 6.07) is 75.1. The molecule has 0 saturated heterocycles. The van der Waals surface area contributed by atoms with Crippen LogP contribution < -0.4 is 4.90 Å². The fraction of sp³-hybridized carbons (Fsp3) is 0. The van der Waals surface area contributed by atoms with Gasteiger partial charge < -0.3 is 18.3 Å². The average Bonchev–Trinajstić information content (AvgIpc) is 4.04. The van der Waals surface area contributed by atoms with Crippen LogP contribution in [-0.4, -0.2) is 9.55 Å². The van der Waals surface area contributed by atoms with Crippen LogP contribution in [0.15, 0.2) is 221 Å². The zero-order chi connectivity index (χ0) is 40.7. The molecule has 13 aromatic rings. The fourth-order valence-corrected chi connectivity index (χ4v) is 9.52. The maximum atomic E-state index is 6.89. The lowest BCUT2D eigenvalue weighted by Gasteiger charge is -2.27. The van der Waals surface area contributed by atoms with Crippen LogP contribution in [0.25, 0.3) is 105 Å². The van der Waals surface area contributed by atoms with Crippen LogP contribution in [0.4, 0.5) is 17.1 Å². The predicted octanol–water partition coefficient (Wildman–Crippen LogP) is 15.9. The molecule has 13 rings (SSSR count). The number of para-hydroxylation sites is 4. The second kappa shape index (κ2) is 13.6. The van der Waals surface area contributed by atoms with Crippen molar-refractivity contribution in [1.29, 1.82) is 0 Å². The van der Waals surface area contributed by atoms with Crippen LogP contribution in [0.1, 0.15) is 0 Å². The molecule has 62 heavy (non-hydrogen) atoms. The Morgan fingerprint density at radius 2 is 1.10 bits per heavy atom. The lowest BCUT2D eigenvalue weighted by Crippen LogP contribution is -2.11. The second-order valence-electron chi connectivity index (χ2n) is 15.9. The highest BCUT2D eigenvalue weighted by atomic mass is 16.3. The second-order valence-corrected chi connectivity index (χ2v) is 15.9. The van der Waals surface area contributed by atoms with Gasteiger partial charge in [-0.1, -0.05) is 133 Å². The third-order valence-electron chi connectivity index (χ3n) is 12.4. The molecule has 0 aliphatic heterocycles. The van der Waals surface area contributed by atoms with Gasteiger partial charge in [0.15, 0.2) is 5.58 Å². The van der Waals surface area contributed by atoms with Gasteiger partial charge in [-0.05, 0) is 106 Å². The molecule has 0 unspecified atom stereocenters. The fourth-order valence-electron chi connectivity index (χ4n) is 9.52. The third-order valence-corrected chi connectivity index (χ3v) is 12.4. The van der Waals surface area contributed by atoms with Gasteiger partial charge in [0.2, 0.25) is 5.89 Å². The van der Waals surface area contributed by atoms with Gasteiger partial charge in [-0.3, -0.25) is 0 Å². The molecule has 0 amide bonds. The van der Waals surface area contributed by atoms with Gasteiger partial charge >= 0.3 is 0 Å². The SMILES string of the molecule is c1ccc(-n2c3ccccc3c3c4ccccc4c(N(c4ccc(-c5ccc6c(c5)oc5ccccc56)cc4)c4cccc5nc(-c6ccc7ccccc7c6)oc45)cc32)cc1. The van der Waals surface area contributed by atoms with Crippen LogP contribution in [0.3, 0.4) is 0 Å². The first-order valence-corrected chi connectivity index (χ1v) is 20.9. The first-order chi connectivity index (χ1) is 30.7. The Hall–Kier alpha value is -8.41. The van der Waals surface area contributed by atoms with E-state index in [1.165, 1.54) is 21.5 Å². The number of nitrogens with zero attached hydrogens (tertiary/aromatic N) is 3. The molecule has 0 aliphatic rings. The van der Waals surface area contributed by atoms with E-state index in [4.69, 9.17) is 13.8 Å². The molecule has 3 heterocycles. The van der Waals surface area contributed by atoms with Crippen LogP contribution in [-0.2, 0) is 0 Å². The first-order valence-electron chi connectivity index (χ1n) is 20.9. The van der Waals surface area contributed by atoms with E-state index in [1.54, 1.807) is 0 Å². The number of oxazole rings is 1. The monoisotopic (exact) mass is 793 g/mol. The first kappa shape index (κ1) is 34.5. The Morgan fingerprint density at radius 1 is 0.403 bits per heavy atom. The number of aromatic nitrogens is 2. The van der Waals surface area contributed by atoms with Crippen molar-refractivity contribution in [3.05, 3.63) is 212 Å². The molecule has 0 aliphatic carbocycles. The summed E-state index contributed by atoms with van der Waals surface area (Å²) >= 11 is 0. The Balaban J connectivity index is 1.05. The molecular formula is C57H35N3O2. The lowest BCUT2D eigenvalue weighted by atomic mass is 10.00. The Kier molecular flexibility index (Phi) is 7.54. The summed E-state index contributed by atoms with van der Waals surface area (Å²) in [5.41, 5.74) is 12.7. The normalized spacial score (nSPS) is 11.9. The molecule has 3 aromatic heterocycles. The number of benzene rings is 10. The van der Waals surface area contributed by atoms with Gasteiger partial charge in [-0.25, -0.2) is 4.98 Å². The maximum Gasteiger partial charge on any atom is 0.227 e. The minimum atomic E-state index is 0.582. The van der Waals surface area contributed by atoms with Crippen LogP contribution in [0.5, 0.6) is 0 Å². The summed E-state index contributed by atoms with van der Waals surface area (Å²) in [6.45, 7) is 0. The topological polar surface area (TPSA) is 47.3 Å². The Morgan fingerprint density at radius 3 is 1.97 bits per heavy atom. The summed E-state index contributed by atoms with van der Waals surface area (Å²) < 4.78 is 15.6. The Bertz CT molecular complexity index is 3880. The van der Waals surface area contributed by atoms with Gasteiger partial charge in [0.1, 0.15) is 16.7 Å². The van der Waals surface area contributed by atoms with E-state index < -0.39 is 0 Å². The van der Waals surface area contributed by atoms with E-state index in [0.29, 0.717) is 11.5 Å². The van der Waals surface area contributed by atoms with Crippen molar-refractivity contribution >= 4 is 93.5 Å². The minimum absolute atomic E-state index is 0.582. The van der Waals surface area contributed by atoms with E-state index in [2.05, 4.69) is 204 Å². The number of hydrogen-bond acceptors (Lipinski definition) is 4. The van der Waals surface area contributed by atoms with Gasteiger partial charge in [0.05, 0.1) is 22.4 Å². The zero-order valence-corrected chi connectivity index (χ0v) is 33.4. The molecule has 0 saturated carbocycles. The van der Waals surface area contributed by atoms with E-state index in [0.717, 1.165) is 88.7 Å². The molecule has 0 N–H and O–H groups in total. The summed E-state index contributed by atoms with van der Waals surface area (Å²) in [6.07, 6.45) is 0. The smallest absolute Gasteiger partial charge is 0.227 e. The van der Waals surface area contributed by atoms with Crippen molar-refractivity contribution in [1.82, 2.24) is 9.55 Å². The molecule has 10 aromatic carbocycles. The number of furan rings is 1. The molecule has 5 nitrogen and oxygen atoms in total. The van der Waals surface area contributed by atoms with Crippen LogP contribution in [0, 0.1) is 0 Å². The van der Waals surface area contributed by atoms with E-state index in [-0.39, 0.29) is 0 Å². The summed E-state index contributed by atoms with van der Waals surface area (Å²) in [5.74, 6) is 0.582. The van der Waals surface area contributed by atoms with Crippen molar-refractivity contribution < 1.29 is 8.83 Å². The van der Waals surface area contributed by atoms with Crippen molar-refractivity contribution in [3.8, 4) is 28.3 Å². The number of fused-ring (bicyclic) bond motifs is 10. The average molecular weight is 794 g/mol. The summed E-state index contributed by atoms with van der Waals surface area (Å²) in [7, 11) is 0. The Labute approximate surface area is 355 Å². The molecule has 0 bridgehead atoms. The lowest BCUT2D eigenvalue weighted by molar-refractivity contribution is 0.620. The highest BCUT2D eigenvalue weighted by Crippen LogP contribution is 2.47. The van der Waals surface area contributed by atoms with E-state index >= 15 is 0 Å². The standard InChI is InChI=1S/C57H35N3O2/c1-2-15-41(16-3-1)59-49-22-10-8-20-47(49)55-46-19-7-6-17-43(46)51(35-52(55)59)60(42-30-27-37(28-31-42)39-29-32-45-44-18-9-11-24-53(44)61-54(45)34-39)50-23-12-21-48-56(50)62-57(58-48)40-26-25-36-13-4-5-14-38(36)33-40/h1-35H. The highest BCUT2D eigenvalue weighted by Gasteiger charge is 2.25. The molecule has 5 heteroatoms. The molecule has 290 valence electrons. The minimum Gasteiger partial charge on any atom is -0.456 e. The van der Waals surface area contributed by atoms with Crippen molar-refractivity contribution in [3.63, 3.8) is 0 Å². The summed E-state index contributed by atoms with van der Waals surface area (Å²) in [4.78, 5) is 7.45. The van der Waals surface area contributed by atoms with Crippen molar-refractivity contribution in [2.24, 2.45) is 0 Å². The maximum absolute atomic E-state index is 6.89. The van der Waals surface area contributed by atoms with Gasteiger partial charge in [-0.15, -0.1) is 0 Å². The molecule has 0 radical (unpaired) electrons. The summed E-state index contributed by atoms with van der Waals surface area (Å²) in [5, 5.41) is 9.29. The van der Waals surface area contributed by atoms with Crippen LogP contribution >= 0.6 is 0 Å². The van der Waals surface area contributed by atoms with E-state index in [1.807, 2.05) is 18.2 Å². The van der Waals surface area contributed by atoms with Gasteiger partial charge in [-0.2, -0.15) is 0 Å². The number of hydrogen-bond donors (Lipinski definition) is 0. The van der Waals surface area contributed by atoms with E-state index in [9.17, 15) is 0 Å². The third kappa shape index (κ3) is 5.32. The molecule has 0 atom stereocenters.